The van der Waals surface area contributed by atoms with Gasteiger partial charge in [0, 0.05) is 0 Å². The van der Waals surface area contributed by atoms with Gasteiger partial charge < -0.3 is 0 Å². The molecular weight excluding hydrogens is 168 g/mol. The van der Waals surface area contributed by atoms with Gasteiger partial charge in [0.1, 0.15) is 0 Å². The highest BCUT2D eigenvalue weighted by atomic mass is 14.0. The predicted molar refractivity (Wildman–Crippen MR) is 64.2 cm³/mol. The minimum atomic E-state index is 0.942. The molecule has 0 unspecified atom stereocenters. The van der Waals surface area contributed by atoms with Crippen molar-refractivity contribution in [1.82, 2.24) is 0 Å². The quantitative estimate of drug-likeness (QED) is 0.490. The number of benzene rings is 1. The van der Waals surface area contributed by atoms with Crippen molar-refractivity contribution in [3.05, 3.63) is 66.3 Å². The van der Waals surface area contributed by atoms with Crippen molar-refractivity contribution in [2.24, 2.45) is 0 Å². The molecule has 0 amide bonds. The van der Waals surface area contributed by atoms with Crippen molar-refractivity contribution in [2.45, 2.75) is 13.3 Å². The van der Waals surface area contributed by atoms with E-state index in [0.717, 1.165) is 6.42 Å². The lowest BCUT2D eigenvalue weighted by Crippen LogP contribution is -1.89. The van der Waals surface area contributed by atoms with Gasteiger partial charge >= 0.3 is 0 Å². The van der Waals surface area contributed by atoms with E-state index in [1.54, 1.807) is 6.08 Å². The van der Waals surface area contributed by atoms with Crippen LogP contribution in [0.3, 0.4) is 0 Å². The molecule has 0 bridgehead atoms. The van der Waals surface area contributed by atoms with Crippen LogP contribution in [0.1, 0.15) is 18.1 Å². The summed E-state index contributed by atoms with van der Waals surface area (Å²) in [4.78, 5) is 0. The van der Waals surface area contributed by atoms with Crippen LogP contribution >= 0.6 is 0 Å². The van der Waals surface area contributed by atoms with E-state index in [9.17, 15) is 0 Å². The molecule has 0 N–H and O–H groups in total. The summed E-state index contributed by atoms with van der Waals surface area (Å²) in [7, 11) is 0. The Morgan fingerprint density at radius 3 is 2.71 bits per heavy atom. The van der Waals surface area contributed by atoms with E-state index in [1.165, 1.54) is 16.7 Å². The zero-order chi connectivity index (χ0) is 10.4. The molecular formula is C14H16. The lowest BCUT2D eigenvalue weighted by molar-refractivity contribution is 1.15. The SMILES string of the molecule is C=C/C=C\c1ccccc1CC(=C)C. The van der Waals surface area contributed by atoms with Crippen LogP contribution in [0.25, 0.3) is 6.08 Å². The normalized spacial score (nSPS) is 10.4. The van der Waals surface area contributed by atoms with Crippen LogP contribution < -0.4 is 0 Å². The first kappa shape index (κ1) is 10.5. The Morgan fingerprint density at radius 1 is 1.36 bits per heavy atom. The first-order valence-corrected chi connectivity index (χ1v) is 4.75. The van der Waals surface area contributed by atoms with Crippen LogP contribution in [0.15, 0.2) is 55.1 Å². The second-order valence-electron chi connectivity index (χ2n) is 3.43. The van der Waals surface area contributed by atoms with E-state index in [1.807, 2.05) is 19.1 Å². The number of hydrogen-bond donors (Lipinski definition) is 0. The maximum atomic E-state index is 3.93. The molecule has 0 nitrogen and oxygen atoms in total. The molecule has 0 aliphatic rings. The minimum Gasteiger partial charge on any atom is -0.0998 e. The Labute approximate surface area is 86.3 Å². The molecule has 0 aliphatic heterocycles. The van der Waals surface area contributed by atoms with E-state index in [4.69, 9.17) is 0 Å². The van der Waals surface area contributed by atoms with Crippen LogP contribution in [-0.4, -0.2) is 0 Å². The van der Waals surface area contributed by atoms with E-state index in [-0.39, 0.29) is 0 Å². The second kappa shape index (κ2) is 5.23. The topological polar surface area (TPSA) is 0 Å². The summed E-state index contributed by atoms with van der Waals surface area (Å²) in [6.45, 7) is 9.64. The van der Waals surface area contributed by atoms with Crippen molar-refractivity contribution >= 4 is 6.08 Å². The van der Waals surface area contributed by atoms with Crippen molar-refractivity contribution in [3.63, 3.8) is 0 Å². The fourth-order valence-electron chi connectivity index (χ4n) is 1.35. The van der Waals surface area contributed by atoms with Crippen molar-refractivity contribution < 1.29 is 0 Å². The zero-order valence-electron chi connectivity index (χ0n) is 8.66. The molecule has 0 spiro atoms. The van der Waals surface area contributed by atoms with Gasteiger partial charge in [-0.3, -0.25) is 0 Å². The Morgan fingerprint density at radius 2 is 2.07 bits per heavy atom. The van der Waals surface area contributed by atoms with Gasteiger partial charge in [-0.15, -0.1) is 0 Å². The van der Waals surface area contributed by atoms with Gasteiger partial charge in [0.05, 0.1) is 0 Å². The Hall–Kier alpha value is -1.56. The maximum absolute atomic E-state index is 3.93. The summed E-state index contributed by atoms with van der Waals surface area (Å²) < 4.78 is 0. The first-order valence-electron chi connectivity index (χ1n) is 4.75. The zero-order valence-corrected chi connectivity index (χ0v) is 8.66. The summed E-state index contributed by atoms with van der Waals surface area (Å²) in [5.41, 5.74) is 3.75. The molecule has 1 rings (SSSR count). The molecule has 0 aliphatic carbocycles. The molecule has 0 aromatic heterocycles. The third-order valence-corrected chi connectivity index (χ3v) is 1.96. The van der Waals surface area contributed by atoms with Crippen molar-refractivity contribution in [2.75, 3.05) is 0 Å². The van der Waals surface area contributed by atoms with Crippen LogP contribution in [0.2, 0.25) is 0 Å². The molecule has 14 heavy (non-hydrogen) atoms. The summed E-state index contributed by atoms with van der Waals surface area (Å²) in [6.07, 6.45) is 6.76. The van der Waals surface area contributed by atoms with Crippen LogP contribution in [0.5, 0.6) is 0 Å². The van der Waals surface area contributed by atoms with E-state index < -0.39 is 0 Å². The van der Waals surface area contributed by atoms with Gasteiger partial charge in [0.2, 0.25) is 0 Å². The van der Waals surface area contributed by atoms with E-state index >= 15 is 0 Å². The van der Waals surface area contributed by atoms with Crippen molar-refractivity contribution in [1.29, 1.82) is 0 Å². The molecule has 1 aromatic rings. The summed E-state index contributed by atoms with van der Waals surface area (Å²) in [5, 5.41) is 0. The van der Waals surface area contributed by atoms with E-state index in [2.05, 4.69) is 37.4 Å². The lowest BCUT2D eigenvalue weighted by atomic mass is 10.0. The number of rotatable bonds is 4. The fraction of sp³-hybridized carbons (Fsp3) is 0.143. The molecule has 72 valence electrons. The molecule has 0 heteroatoms. The maximum Gasteiger partial charge on any atom is -0.00666 e. The lowest BCUT2D eigenvalue weighted by Gasteiger charge is -2.04. The Kier molecular flexibility index (Phi) is 3.93. The monoisotopic (exact) mass is 184 g/mol. The minimum absolute atomic E-state index is 0.942. The fourth-order valence-corrected chi connectivity index (χ4v) is 1.35. The number of hydrogen-bond acceptors (Lipinski definition) is 0. The van der Waals surface area contributed by atoms with Crippen LogP contribution in [-0.2, 0) is 6.42 Å². The second-order valence-corrected chi connectivity index (χ2v) is 3.43. The van der Waals surface area contributed by atoms with Crippen LogP contribution in [0.4, 0.5) is 0 Å². The smallest absolute Gasteiger partial charge is 0.00666 e. The molecule has 0 radical (unpaired) electrons. The third-order valence-electron chi connectivity index (χ3n) is 1.96. The van der Waals surface area contributed by atoms with Crippen molar-refractivity contribution in [3.8, 4) is 0 Å². The van der Waals surface area contributed by atoms with Gasteiger partial charge in [0.15, 0.2) is 0 Å². The number of allylic oxidation sites excluding steroid dienone is 3. The van der Waals surface area contributed by atoms with E-state index in [0.29, 0.717) is 0 Å². The molecule has 0 atom stereocenters. The van der Waals surface area contributed by atoms with Gasteiger partial charge in [0.25, 0.3) is 0 Å². The van der Waals surface area contributed by atoms with Gasteiger partial charge in [-0.05, 0) is 24.5 Å². The van der Waals surface area contributed by atoms with Gasteiger partial charge in [-0.25, -0.2) is 0 Å². The molecule has 0 saturated heterocycles. The Bertz CT molecular complexity index is 356. The average Bonchev–Trinajstić information content (AvgIpc) is 2.16. The largest absolute Gasteiger partial charge is 0.0998 e. The van der Waals surface area contributed by atoms with Gasteiger partial charge in [-0.1, -0.05) is 61.2 Å². The molecule has 1 aromatic carbocycles. The first-order chi connectivity index (χ1) is 6.74. The molecule has 0 fully saturated rings. The highest BCUT2D eigenvalue weighted by molar-refractivity contribution is 5.55. The standard InChI is InChI=1S/C14H16/c1-4-5-8-13-9-6-7-10-14(13)11-12(2)3/h4-10H,1-2,11H2,3H3/b8-5-. The predicted octanol–water partition coefficient (Wildman–Crippen LogP) is 4.00. The highest BCUT2D eigenvalue weighted by Crippen LogP contribution is 2.14. The summed E-state index contributed by atoms with van der Waals surface area (Å²) in [5.74, 6) is 0. The van der Waals surface area contributed by atoms with Crippen LogP contribution in [0, 0.1) is 0 Å². The third kappa shape index (κ3) is 3.06. The Balaban J connectivity index is 2.96. The highest BCUT2D eigenvalue weighted by Gasteiger charge is 1.97. The molecule has 0 saturated carbocycles. The summed E-state index contributed by atoms with van der Waals surface area (Å²) in [6, 6.07) is 8.35. The average molecular weight is 184 g/mol. The van der Waals surface area contributed by atoms with Gasteiger partial charge in [-0.2, -0.15) is 0 Å². The summed E-state index contributed by atoms with van der Waals surface area (Å²) >= 11 is 0. The molecule has 0 heterocycles.